The molecule has 3 aromatic carbocycles. The minimum atomic E-state index is -4.12. The number of aryl methyl sites for hydroxylation is 1. The van der Waals surface area contributed by atoms with Crippen molar-refractivity contribution in [3.05, 3.63) is 88.1 Å². The Labute approximate surface area is 195 Å². The third kappa shape index (κ3) is 5.73. The van der Waals surface area contributed by atoms with Gasteiger partial charge in [0.2, 0.25) is 15.9 Å². The van der Waals surface area contributed by atoms with Gasteiger partial charge in [-0.1, -0.05) is 52.3 Å². The van der Waals surface area contributed by atoms with E-state index < -0.39 is 28.3 Å². The molecule has 6 nitrogen and oxygen atoms in total. The molecule has 9 heteroatoms. The van der Waals surface area contributed by atoms with E-state index in [9.17, 15) is 17.6 Å². The Morgan fingerprint density at radius 2 is 1.81 bits per heavy atom. The van der Waals surface area contributed by atoms with Crippen LogP contribution in [0.25, 0.3) is 0 Å². The van der Waals surface area contributed by atoms with E-state index in [-0.39, 0.29) is 22.9 Å². The SMILES string of the molecule is COc1ccc(C)cc1S(=O)(=O)N(CC(=O)Nc1ccc(Br)cc1F)Cc1ccccc1. The molecule has 0 aromatic heterocycles. The lowest BCUT2D eigenvalue weighted by Crippen LogP contribution is -2.37. The molecule has 3 rings (SSSR count). The molecule has 168 valence electrons. The van der Waals surface area contributed by atoms with Gasteiger partial charge in [0.05, 0.1) is 19.3 Å². The molecule has 3 aromatic rings. The third-order valence-corrected chi connectivity index (χ3v) is 6.97. The van der Waals surface area contributed by atoms with Gasteiger partial charge in [-0.25, -0.2) is 12.8 Å². The summed E-state index contributed by atoms with van der Waals surface area (Å²) >= 11 is 3.16. The van der Waals surface area contributed by atoms with Gasteiger partial charge in [0.15, 0.2) is 0 Å². The largest absolute Gasteiger partial charge is 0.495 e. The molecule has 0 heterocycles. The molecule has 0 unspecified atom stereocenters. The molecule has 32 heavy (non-hydrogen) atoms. The molecule has 0 fully saturated rings. The van der Waals surface area contributed by atoms with Gasteiger partial charge in [0.1, 0.15) is 16.5 Å². The average molecular weight is 521 g/mol. The topological polar surface area (TPSA) is 75.7 Å². The Kier molecular flexibility index (Phi) is 7.65. The lowest BCUT2D eigenvalue weighted by Gasteiger charge is -2.23. The van der Waals surface area contributed by atoms with E-state index in [1.54, 1.807) is 49.4 Å². The monoisotopic (exact) mass is 520 g/mol. The molecule has 0 saturated heterocycles. The molecule has 0 atom stereocenters. The highest BCUT2D eigenvalue weighted by Crippen LogP contribution is 2.29. The lowest BCUT2D eigenvalue weighted by atomic mass is 10.2. The van der Waals surface area contributed by atoms with E-state index in [0.717, 1.165) is 9.87 Å². The van der Waals surface area contributed by atoms with E-state index >= 15 is 0 Å². The van der Waals surface area contributed by atoms with Crippen molar-refractivity contribution in [1.29, 1.82) is 0 Å². The summed E-state index contributed by atoms with van der Waals surface area (Å²) in [6.07, 6.45) is 0. The van der Waals surface area contributed by atoms with Crippen molar-refractivity contribution in [1.82, 2.24) is 4.31 Å². The van der Waals surface area contributed by atoms with Crippen molar-refractivity contribution in [2.45, 2.75) is 18.4 Å². The minimum absolute atomic E-state index is 0.0385. The van der Waals surface area contributed by atoms with Gasteiger partial charge >= 0.3 is 0 Å². The fraction of sp³-hybridized carbons (Fsp3) is 0.174. The fourth-order valence-electron chi connectivity index (χ4n) is 3.08. The highest BCUT2D eigenvalue weighted by atomic mass is 79.9. The highest BCUT2D eigenvalue weighted by molar-refractivity contribution is 9.10. The first-order chi connectivity index (χ1) is 15.2. The molecule has 0 spiro atoms. The van der Waals surface area contributed by atoms with Crippen LogP contribution in [-0.2, 0) is 21.4 Å². The minimum Gasteiger partial charge on any atom is -0.495 e. The normalized spacial score (nSPS) is 11.4. The maximum Gasteiger partial charge on any atom is 0.247 e. The van der Waals surface area contributed by atoms with Crippen molar-refractivity contribution in [3.63, 3.8) is 0 Å². The van der Waals surface area contributed by atoms with Crippen molar-refractivity contribution in [2.75, 3.05) is 19.0 Å². The number of carbonyl (C=O) groups excluding carboxylic acids is 1. The Balaban J connectivity index is 1.95. The lowest BCUT2D eigenvalue weighted by molar-refractivity contribution is -0.116. The number of halogens is 2. The fourth-order valence-corrected chi connectivity index (χ4v) is 5.04. The van der Waals surface area contributed by atoms with Gasteiger partial charge < -0.3 is 10.1 Å². The summed E-state index contributed by atoms with van der Waals surface area (Å²) in [4.78, 5) is 12.7. The molecular weight excluding hydrogens is 499 g/mol. The highest BCUT2D eigenvalue weighted by Gasteiger charge is 2.30. The van der Waals surface area contributed by atoms with Gasteiger partial charge in [0.25, 0.3) is 0 Å². The first-order valence-electron chi connectivity index (χ1n) is 9.64. The van der Waals surface area contributed by atoms with Crippen LogP contribution in [-0.4, -0.2) is 32.3 Å². The van der Waals surface area contributed by atoms with Crippen molar-refractivity contribution >= 4 is 37.5 Å². The third-order valence-electron chi connectivity index (χ3n) is 4.66. The zero-order chi connectivity index (χ0) is 23.3. The summed E-state index contributed by atoms with van der Waals surface area (Å²) in [6, 6.07) is 17.9. The van der Waals surface area contributed by atoms with E-state index in [0.29, 0.717) is 10.0 Å². The van der Waals surface area contributed by atoms with Crippen LogP contribution in [0.5, 0.6) is 5.75 Å². The molecule has 0 bridgehead atoms. The van der Waals surface area contributed by atoms with Crippen LogP contribution in [0, 0.1) is 12.7 Å². The van der Waals surface area contributed by atoms with E-state index in [4.69, 9.17) is 4.74 Å². The van der Waals surface area contributed by atoms with E-state index in [1.165, 1.54) is 25.3 Å². The number of hydrogen-bond acceptors (Lipinski definition) is 4. The van der Waals surface area contributed by atoms with Crippen LogP contribution >= 0.6 is 15.9 Å². The number of sulfonamides is 1. The van der Waals surface area contributed by atoms with Crippen LogP contribution in [0.2, 0.25) is 0 Å². The van der Waals surface area contributed by atoms with Gasteiger partial charge in [-0.05, 0) is 48.4 Å². The first kappa shape index (κ1) is 23.9. The second-order valence-corrected chi connectivity index (χ2v) is 9.91. The second kappa shape index (κ2) is 10.2. The Morgan fingerprint density at radius 3 is 2.47 bits per heavy atom. The van der Waals surface area contributed by atoms with Gasteiger partial charge in [-0.3, -0.25) is 4.79 Å². The van der Waals surface area contributed by atoms with Crippen LogP contribution in [0.3, 0.4) is 0 Å². The smallest absolute Gasteiger partial charge is 0.247 e. The zero-order valence-electron chi connectivity index (χ0n) is 17.5. The van der Waals surface area contributed by atoms with Crippen LogP contribution < -0.4 is 10.1 Å². The number of nitrogens with one attached hydrogen (secondary N) is 1. The van der Waals surface area contributed by atoms with E-state index in [2.05, 4.69) is 21.2 Å². The Bertz CT molecular complexity index is 1220. The average Bonchev–Trinajstić information content (AvgIpc) is 2.76. The number of nitrogens with zero attached hydrogens (tertiary/aromatic N) is 1. The molecule has 1 N–H and O–H groups in total. The summed E-state index contributed by atoms with van der Waals surface area (Å²) < 4.78 is 48.1. The number of methoxy groups -OCH3 is 1. The van der Waals surface area contributed by atoms with Crippen molar-refractivity contribution < 1.29 is 22.3 Å². The molecule has 0 saturated carbocycles. The summed E-state index contributed by atoms with van der Waals surface area (Å²) in [5.41, 5.74) is 1.39. The van der Waals surface area contributed by atoms with Gasteiger partial charge in [-0.2, -0.15) is 4.31 Å². The van der Waals surface area contributed by atoms with Crippen LogP contribution in [0.15, 0.2) is 76.1 Å². The molecule has 0 aliphatic rings. The van der Waals surface area contributed by atoms with Crippen molar-refractivity contribution in [2.24, 2.45) is 0 Å². The Hall–Kier alpha value is -2.75. The standard InChI is InChI=1S/C23H22BrFN2O4S/c1-16-8-11-21(31-2)22(12-16)32(29,30)27(14-17-6-4-3-5-7-17)15-23(28)26-20-10-9-18(24)13-19(20)25/h3-13H,14-15H2,1-2H3,(H,26,28). The predicted octanol–water partition coefficient (Wildman–Crippen LogP) is 4.73. The number of ether oxygens (including phenoxy) is 1. The summed E-state index contributed by atoms with van der Waals surface area (Å²) in [7, 11) is -2.74. The summed E-state index contributed by atoms with van der Waals surface area (Å²) in [5.74, 6) is -1.13. The zero-order valence-corrected chi connectivity index (χ0v) is 19.9. The van der Waals surface area contributed by atoms with Gasteiger partial charge in [-0.15, -0.1) is 0 Å². The molecule has 0 aliphatic heterocycles. The number of benzene rings is 3. The Morgan fingerprint density at radius 1 is 1.09 bits per heavy atom. The number of carbonyl (C=O) groups is 1. The van der Waals surface area contributed by atoms with Crippen molar-refractivity contribution in [3.8, 4) is 5.75 Å². The molecule has 1 amide bonds. The van der Waals surface area contributed by atoms with Crippen LogP contribution in [0.4, 0.5) is 10.1 Å². The molecule has 0 radical (unpaired) electrons. The molecular formula is C23H22BrFN2O4S. The number of amides is 1. The number of anilines is 1. The number of rotatable bonds is 8. The maximum atomic E-state index is 14.1. The van der Waals surface area contributed by atoms with Gasteiger partial charge in [0, 0.05) is 11.0 Å². The quantitative estimate of drug-likeness (QED) is 0.465. The first-order valence-corrected chi connectivity index (χ1v) is 11.9. The number of hydrogen-bond donors (Lipinski definition) is 1. The van der Waals surface area contributed by atoms with E-state index in [1.807, 2.05) is 6.07 Å². The molecule has 0 aliphatic carbocycles. The second-order valence-electron chi connectivity index (χ2n) is 7.09. The summed E-state index contributed by atoms with van der Waals surface area (Å²) in [6.45, 7) is 1.21. The predicted molar refractivity (Wildman–Crippen MR) is 124 cm³/mol. The maximum absolute atomic E-state index is 14.1. The summed E-state index contributed by atoms with van der Waals surface area (Å²) in [5, 5.41) is 2.45. The van der Waals surface area contributed by atoms with Crippen LogP contribution in [0.1, 0.15) is 11.1 Å².